The monoisotopic (exact) mass is 238 g/mol. The molecule has 0 fully saturated rings. The first-order valence-electron chi connectivity index (χ1n) is 5.52. The van der Waals surface area contributed by atoms with Crippen molar-refractivity contribution in [1.29, 1.82) is 0 Å². The minimum atomic E-state index is -0.952. The van der Waals surface area contributed by atoms with Crippen LogP contribution in [0.2, 0.25) is 0 Å². The lowest BCUT2D eigenvalue weighted by molar-refractivity contribution is -0.138. The van der Waals surface area contributed by atoms with Gasteiger partial charge in [-0.2, -0.15) is 0 Å². The molecule has 1 aromatic heterocycles. The molecule has 1 amide bonds. The number of hydrogen-bond donors (Lipinski definition) is 2. The molecule has 1 heterocycles. The van der Waals surface area contributed by atoms with Crippen LogP contribution in [0.15, 0.2) is 6.07 Å². The fourth-order valence-electron chi connectivity index (χ4n) is 1.61. The molecule has 0 spiro atoms. The van der Waals surface area contributed by atoms with Crippen LogP contribution in [0, 0.1) is 13.8 Å². The quantitative estimate of drug-likeness (QED) is 0.807. The summed E-state index contributed by atoms with van der Waals surface area (Å²) in [6.07, 6.45) is -0.0984. The summed E-state index contributed by atoms with van der Waals surface area (Å²) in [5, 5.41) is 11.2. The Bertz CT molecular complexity index is 435. The van der Waals surface area contributed by atoms with E-state index in [2.05, 4.69) is 9.88 Å². The Morgan fingerprint density at radius 1 is 1.35 bits per heavy atom. The van der Waals surface area contributed by atoms with E-state index in [1.54, 1.807) is 0 Å². The number of carboxylic acid groups (broad SMARTS) is 1. The highest BCUT2D eigenvalue weighted by Crippen LogP contribution is 2.12. The SMILES string of the molecule is Cc1cc(CNC(=O)CCC(=O)O)c(C)n1C. The smallest absolute Gasteiger partial charge is 0.303 e. The van der Waals surface area contributed by atoms with Crippen LogP contribution in [0.5, 0.6) is 0 Å². The highest BCUT2D eigenvalue weighted by molar-refractivity contribution is 5.80. The predicted molar refractivity (Wildman–Crippen MR) is 63.6 cm³/mol. The molecule has 0 saturated heterocycles. The van der Waals surface area contributed by atoms with E-state index in [9.17, 15) is 9.59 Å². The second-order valence-electron chi connectivity index (χ2n) is 4.13. The first-order valence-corrected chi connectivity index (χ1v) is 5.52. The Kier molecular flexibility index (Phi) is 4.31. The van der Waals surface area contributed by atoms with Crippen molar-refractivity contribution in [3.05, 3.63) is 23.0 Å². The van der Waals surface area contributed by atoms with Crippen LogP contribution in [-0.4, -0.2) is 21.6 Å². The van der Waals surface area contributed by atoms with Crippen molar-refractivity contribution in [2.45, 2.75) is 33.2 Å². The molecule has 0 radical (unpaired) electrons. The van der Waals surface area contributed by atoms with Crippen LogP contribution in [-0.2, 0) is 23.2 Å². The molecular formula is C12H18N2O3. The lowest BCUT2D eigenvalue weighted by Gasteiger charge is -2.05. The number of aryl methyl sites for hydroxylation is 1. The number of nitrogens with one attached hydrogen (secondary N) is 1. The van der Waals surface area contributed by atoms with Gasteiger partial charge in [0.05, 0.1) is 6.42 Å². The number of carbonyl (C=O) groups is 2. The van der Waals surface area contributed by atoms with Gasteiger partial charge >= 0.3 is 5.97 Å². The topological polar surface area (TPSA) is 71.3 Å². The number of carboxylic acids is 1. The molecule has 1 aromatic rings. The van der Waals surface area contributed by atoms with Gasteiger partial charge in [-0.3, -0.25) is 9.59 Å². The maximum atomic E-state index is 11.3. The molecule has 0 aromatic carbocycles. The van der Waals surface area contributed by atoms with Crippen molar-refractivity contribution < 1.29 is 14.7 Å². The van der Waals surface area contributed by atoms with Gasteiger partial charge in [0.25, 0.3) is 0 Å². The third-order valence-corrected chi connectivity index (χ3v) is 2.92. The Morgan fingerprint density at radius 2 is 2.00 bits per heavy atom. The van der Waals surface area contributed by atoms with Gasteiger partial charge in [-0.05, 0) is 25.5 Å². The summed E-state index contributed by atoms with van der Waals surface area (Å²) in [6, 6.07) is 2.02. The number of hydrogen-bond acceptors (Lipinski definition) is 2. The lowest BCUT2D eigenvalue weighted by atomic mass is 10.2. The maximum absolute atomic E-state index is 11.3. The molecule has 94 valence electrons. The van der Waals surface area contributed by atoms with E-state index < -0.39 is 5.97 Å². The molecule has 1 rings (SSSR count). The van der Waals surface area contributed by atoms with Gasteiger partial charge in [-0.25, -0.2) is 0 Å². The highest BCUT2D eigenvalue weighted by Gasteiger charge is 2.08. The molecule has 5 nitrogen and oxygen atoms in total. The van der Waals surface area contributed by atoms with Gasteiger partial charge in [-0.15, -0.1) is 0 Å². The number of aliphatic carboxylic acids is 1. The molecule has 2 N–H and O–H groups in total. The molecule has 0 bridgehead atoms. The normalized spacial score (nSPS) is 10.3. The minimum Gasteiger partial charge on any atom is -0.481 e. The largest absolute Gasteiger partial charge is 0.481 e. The zero-order valence-electron chi connectivity index (χ0n) is 10.4. The van der Waals surface area contributed by atoms with Crippen LogP contribution in [0.25, 0.3) is 0 Å². The Hall–Kier alpha value is -1.78. The summed E-state index contributed by atoms with van der Waals surface area (Å²) in [7, 11) is 1.97. The fourth-order valence-corrected chi connectivity index (χ4v) is 1.61. The summed E-state index contributed by atoms with van der Waals surface area (Å²) in [4.78, 5) is 21.6. The van der Waals surface area contributed by atoms with E-state index in [4.69, 9.17) is 5.11 Å². The Morgan fingerprint density at radius 3 is 2.47 bits per heavy atom. The highest BCUT2D eigenvalue weighted by atomic mass is 16.4. The average molecular weight is 238 g/mol. The van der Waals surface area contributed by atoms with Gasteiger partial charge < -0.3 is 15.0 Å². The second kappa shape index (κ2) is 5.52. The number of rotatable bonds is 5. The van der Waals surface area contributed by atoms with Gasteiger partial charge in [0.1, 0.15) is 0 Å². The molecule has 17 heavy (non-hydrogen) atoms. The van der Waals surface area contributed by atoms with Crippen LogP contribution in [0.3, 0.4) is 0 Å². The van der Waals surface area contributed by atoms with Crippen LogP contribution < -0.4 is 5.32 Å². The molecular weight excluding hydrogens is 220 g/mol. The summed E-state index contributed by atoms with van der Waals surface area (Å²) < 4.78 is 2.05. The van der Waals surface area contributed by atoms with Crippen LogP contribution >= 0.6 is 0 Å². The van der Waals surface area contributed by atoms with Gasteiger partial charge in [0.2, 0.25) is 5.91 Å². The van der Waals surface area contributed by atoms with Crippen LogP contribution in [0.1, 0.15) is 29.8 Å². The first-order chi connectivity index (χ1) is 7.91. The van der Waals surface area contributed by atoms with E-state index >= 15 is 0 Å². The van der Waals surface area contributed by atoms with Crippen molar-refractivity contribution >= 4 is 11.9 Å². The molecule has 0 aliphatic carbocycles. The van der Waals surface area contributed by atoms with Crippen molar-refractivity contribution in [2.24, 2.45) is 7.05 Å². The predicted octanol–water partition coefficient (Wildman–Crippen LogP) is 1.12. The molecule has 0 aliphatic heterocycles. The minimum absolute atomic E-state index is 0.0280. The molecule has 0 saturated carbocycles. The van der Waals surface area contributed by atoms with Crippen molar-refractivity contribution in [3.8, 4) is 0 Å². The van der Waals surface area contributed by atoms with Gasteiger partial charge in [-0.1, -0.05) is 0 Å². The Labute approximate surface area is 100 Å². The van der Waals surface area contributed by atoms with E-state index in [1.165, 1.54) is 0 Å². The molecule has 5 heteroatoms. The number of carbonyl (C=O) groups excluding carboxylic acids is 1. The summed E-state index contributed by atoms with van der Waals surface area (Å²) in [6.45, 7) is 4.44. The Balaban J connectivity index is 2.47. The van der Waals surface area contributed by atoms with E-state index in [-0.39, 0.29) is 18.7 Å². The summed E-state index contributed by atoms with van der Waals surface area (Å²) in [5.74, 6) is -1.18. The van der Waals surface area contributed by atoms with Crippen molar-refractivity contribution in [3.63, 3.8) is 0 Å². The average Bonchev–Trinajstić information content (AvgIpc) is 2.51. The number of amides is 1. The van der Waals surface area contributed by atoms with Gasteiger partial charge in [0.15, 0.2) is 0 Å². The number of nitrogens with zero attached hydrogens (tertiary/aromatic N) is 1. The number of aromatic nitrogens is 1. The van der Waals surface area contributed by atoms with Crippen molar-refractivity contribution in [2.75, 3.05) is 0 Å². The van der Waals surface area contributed by atoms with Gasteiger partial charge in [0, 0.05) is 31.4 Å². The lowest BCUT2D eigenvalue weighted by Crippen LogP contribution is -2.23. The zero-order valence-corrected chi connectivity index (χ0v) is 10.4. The van der Waals surface area contributed by atoms with E-state index in [0.717, 1.165) is 17.0 Å². The summed E-state index contributed by atoms with van der Waals surface area (Å²) in [5.41, 5.74) is 3.31. The molecule has 0 atom stereocenters. The second-order valence-corrected chi connectivity index (χ2v) is 4.13. The van der Waals surface area contributed by atoms with Crippen LogP contribution in [0.4, 0.5) is 0 Å². The van der Waals surface area contributed by atoms with E-state index in [0.29, 0.717) is 6.54 Å². The third kappa shape index (κ3) is 3.62. The maximum Gasteiger partial charge on any atom is 0.303 e. The standard InChI is InChI=1S/C12H18N2O3/c1-8-6-10(9(2)14(8)3)7-13-11(15)4-5-12(16)17/h6H,4-5,7H2,1-3H3,(H,13,15)(H,16,17). The van der Waals surface area contributed by atoms with Crippen molar-refractivity contribution in [1.82, 2.24) is 9.88 Å². The molecule has 0 unspecified atom stereocenters. The zero-order chi connectivity index (χ0) is 13.0. The molecule has 0 aliphatic rings. The fraction of sp³-hybridized carbons (Fsp3) is 0.500. The first kappa shape index (κ1) is 13.3. The van der Waals surface area contributed by atoms with E-state index in [1.807, 2.05) is 27.0 Å². The third-order valence-electron chi connectivity index (χ3n) is 2.92. The summed E-state index contributed by atoms with van der Waals surface area (Å²) >= 11 is 0.